The molecule has 0 spiro atoms. The number of para-hydroxylation sites is 1. The first-order valence-electron chi connectivity index (χ1n) is 6.92. The summed E-state index contributed by atoms with van der Waals surface area (Å²) in [6, 6.07) is 7.31. The van der Waals surface area contributed by atoms with Crippen LogP contribution < -0.4 is 15.2 Å². The van der Waals surface area contributed by atoms with Crippen molar-refractivity contribution in [2.24, 2.45) is 0 Å². The maximum atomic E-state index is 6.01. The zero-order valence-electron chi connectivity index (χ0n) is 11.9. The molecule has 6 heteroatoms. The summed E-state index contributed by atoms with van der Waals surface area (Å²) in [5.74, 6) is 1.56. The smallest absolute Gasteiger partial charge is 0.222 e. The van der Waals surface area contributed by atoms with E-state index in [1.807, 2.05) is 18.2 Å². The average molecular weight is 290 g/mol. The van der Waals surface area contributed by atoms with E-state index in [1.54, 1.807) is 13.2 Å². The van der Waals surface area contributed by atoms with Gasteiger partial charge in [0.25, 0.3) is 0 Å². The number of methoxy groups -OCH3 is 1. The van der Waals surface area contributed by atoms with E-state index in [1.165, 1.54) is 0 Å². The van der Waals surface area contributed by atoms with Gasteiger partial charge in [-0.2, -0.15) is 0 Å². The van der Waals surface area contributed by atoms with Crippen molar-refractivity contribution in [3.8, 4) is 22.8 Å². The van der Waals surface area contributed by atoms with Gasteiger partial charge >= 0.3 is 0 Å². The molecule has 1 aromatic heterocycles. The van der Waals surface area contributed by atoms with Crippen molar-refractivity contribution in [1.29, 1.82) is 0 Å². The Morgan fingerprint density at radius 3 is 2.95 bits per heavy atom. The first kappa shape index (κ1) is 13.8. The van der Waals surface area contributed by atoms with Crippen molar-refractivity contribution in [1.82, 2.24) is 5.16 Å². The average Bonchev–Trinajstić information content (AvgIpc) is 2.94. The van der Waals surface area contributed by atoms with E-state index < -0.39 is 0 Å². The molecule has 2 N–H and O–H groups in total. The minimum absolute atomic E-state index is 0.0466. The molecule has 21 heavy (non-hydrogen) atoms. The van der Waals surface area contributed by atoms with Crippen LogP contribution in [0.2, 0.25) is 0 Å². The lowest BCUT2D eigenvalue weighted by molar-refractivity contribution is 0.00647. The maximum Gasteiger partial charge on any atom is 0.222 e. The number of hydrogen-bond acceptors (Lipinski definition) is 6. The van der Waals surface area contributed by atoms with Crippen molar-refractivity contribution in [2.75, 3.05) is 26.1 Å². The minimum Gasteiger partial charge on any atom is -0.492 e. The molecule has 0 aliphatic carbocycles. The normalized spacial score (nSPS) is 18.4. The van der Waals surface area contributed by atoms with Crippen molar-refractivity contribution in [3.05, 3.63) is 24.3 Å². The Morgan fingerprint density at radius 2 is 2.29 bits per heavy atom. The molecular formula is C15H18N2O4. The Kier molecular flexibility index (Phi) is 3.96. The Balaban J connectivity index is 1.90. The number of hydrogen-bond donors (Lipinski definition) is 1. The Bertz CT molecular complexity index is 605. The van der Waals surface area contributed by atoms with Crippen LogP contribution in [0.15, 0.2) is 28.8 Å². The molecule has 112 valence electrons. The first-order chi connectivity index (χ1) is 10.3. The van der Waals surface area contributed by atoms with Crippen molar-refractivity contribution in [3.63, 3.8) is 0 Å². The molecule has 0 radical (unpaired) electrons. The Labute approximate surface area is 122 Å². The standard InChI is InChI=1S/C15H18N2O4/c1-18-15-11(12-8-14(16)21-17-12)5-2-6-13(15)20-10-4-3-7-19-9-10/h2,5-6,8,10H,3-4,7,9,16H2,1H3. The predicted octanol–water partition coefficient (Wildman–Crippen LogP) is 2.49. The highest BCUT2D eigenvalue weighted by Gasteiger charge is 2.20. The van der Waals surface area contributed by atoms with E-state index in [4.69, 9.17) is 24.5 Å². The Morgan fingerprint density at radius 1 is 1.38 bits per heavy atom. The molecule has 1 aromatic carbocycles. The third-order valence-electron chi connectivity index (χ3n) is 3.40. The largest absolute Gasteiger partial charge is 0.492 e. The van der Waals surface area contributed by atoms with Crippen LogP contribution in [0, 0.1) is 0 Å². The molecule has 1 aliphatic heterocycles. The number of rotatable bonds is 4. The first-order valence-corrected chi connectivity index (χ1v) is 6.92. The highest BCUT2D eigenvalue weighted by atomic mass is 16.5. The molecule has 0 amide bonds. The van der Waals surface area contributed by atoms with Crippen LogP contribution in [-0.4, -0.2) is 31.6 Å². The van der Waals surface area contributed by atoms with Crippen LogP contribution in [0.5, 0.6) is 11.5 Å². The zero-order chi connectivity index (χ0) is 14.7. The molecule has 1 aliphatic rings. The number of ether oxygens (including phenoxy) is 3. The van der Waals surface area contributed by atoms with Gasteiger partial charge in [0.15, 0.2) is 11.5 Å². The monoisotopic (exact) mass is 290 g/mol. The molecule has 1 saturated heterocycles. The SMILES string of the molecule is COc1c(OC2CCCOC2)cccc1-c1cc(N)on1. The number of anilines is 1. The van der Waals surface area contributed by atoms with Gasteiger partial charge in [-0.25, -0.2) is 0 Å². The highest BCUT2D eigenvalue weighted by molar-refractivity contribution is 5.72. The van der Waals surface area contributed by atoms with E-state index in [2.05, 4.69) is 5.16 Å². The van der Waals surface area contributed by atoms with Crippen LogP contribution in [0.3, 0.4) is 0 Å². The van der Waals surface area contributed by atoms with Gasteiger partial charge in [0, 0.05) is 18.2 Å². The van der Waals surface area contributed by atoms with E-state index in [0.29, 0.717) is 23.8 Å². The van der Waals surface area contributed by atoms with Gasteiger partial charge in [-0.1, -0.05) is 11.2 Å². The maximum absolute atomic E-state index is 6.01. The summed E-state index contributed by atoms with van der Waals surface area (Å²) in [6.07, 6.45) is 2.03. The van der Waals surface area contributed by atoms with E-state index >= 15 is 0 Å². The van der Waals surface area contributed by atoms with Gasteiger partial charge < -0.3 is 24.5 Å². The lowest BCUT2D eigenvalue weighted by Gasteiger charge is -2.24. The highest BCUT2D eigenvalue weighted by Crippen LogP contribution is 2.38. The van der Waals surface area contributed by atoms with E-state index in [0.717, 1.165) is 25.0 Å². The summed E-state index contributed by atoms with van der Waals surface area (Å²) in [7, 11) is 1.60. The molecule has 1 atom stereocenters. The molecule has 6 nitrogen and oxygen atoms in total. The molecule has 3 rings (SSSR count). The number of aromatic nitrogens is 1. The molecular weight excluding hydrogens is 272 g/mol. The van der Waals surface area contributed by atoms with Crippen molar-refractivity contribution in [2.45, 2.75) is 18.9 Å². The van der Waals surface area contributed by atoms with Gasteiger partial charge in [-0.15, -0.1) is 0 Å². The third kappa shape index (κ3) is 2.95. The summed E-state index contributed by atoms with van der Waals surface area (Å²) in [6.45, 7) is 1.40. The number of nitrogens with zero attached hydrogens (tertiary/aromatic N) is 1. The molecule has 1 unspecified atom stereocenters. The van der Waals surface area contributed by atoms with Crippen LogP contribution in [0.25, 0.3) is 11.3 Å². The summed E-state index contributed by atoms with van der Waals surface area (Å²) in [5.41, 5.74) is 6.98. The van der Waals surface area contributed by atoms with E-state index in [-0.39, 0.29) is 12.0 Å². The predicted molar refractivity (Wildman–Crippen MR) is 77.4 cm³/mol. The van der Waals surface area contributed by atoms with Crippen molar-refractivity contribution >= 4 is 5.88 Å². The van der Waals surface area contributed by atoms with Crippen molar-refractivity contribution < 1.29 is 18.7 Å². The summed E-state index contributed by atoms with van der Waals surface area (Å²) >= 11 is 0. The zero-order valence-corrected chi connectivity index (χ0v) is 11.9. The van der Waals surface area contributed by atoms with Gasteiger partial charge in [-0.3, -0.25) is 0 Å². The number of nitrogen functional groups attached to an aromatic ring is 1. The minimum atomic E-state index is 0.0466. The molecule has 1 fully saturated rings. The summed E-state index contributed by atoms with van der Waals surface area (Å²) in [4.78, 5) is 0. The second-order valence-corrected chi connectivity index (χ2v) is 4.91. The quantitative estimate of drug-likeness (QED) is 0.932. The second kappa shape index (κ2) is 6.05. The summed E-state index contributed by atoms with van der Waals surface area (Å²) < 4.78 is 21.9. The number of benzene rings is 1. The van der Waals surface area contributed by atoms with Crippen LogP contribution in [-0.2, 0) is 4.74 Å². The van der Waals surface area contributed by atoms with Gasteiger partial charge in [0.1, 0.15) is 11.8 Å². The molecule has 2 heterocycles. The van der Waals surface area contributed by atoms with Gasteiger partial charge in [-0.05, 0) is 25.0 Å². The lowest BCUT2D eigenvalue weighted by atomic mass is 10.1. The fourth-order valence-corrected chi connectivity index (χ4v) is 2.42. The van der Waals surface area contributed by atoms with Crippen LogP contribution in [0.1, 0.15) is 12.8 Å². The molecule has 0 bridgehead atoms. The Hall–Kier alpha value is -2.21. The molecule has 2 aromatic rings. The van der Waals surface area contributed by atoms with Gasteiger partial charge in [0.2, 0.25) is 5.88 Å². The second-order valence-electron chi connectivity index (χ2n) is 4.91. The van der Waals surface area contributed by atoms with E-state index in [9.17, 15) is 0 Å². The van der Waals surface area contributed by atoms with Gasteiger partial charge in [0.05, 0.1) is 13.7 Å². The van der Waals surface area contributed by atoms with Crippen LogP contribution >= 0.6 is 0 Å². The lowest BCUT2D eigenvalue weighted by Crippen LogP contribution is -2.28. The topological polar surface area (TPSA) is 79.7 Å². The number of nitrogens with two attached hydrogens (primary N) is 1. The fraction of sp³-hybridized carbons (Fsp3) is 0.400. The third-order valence-corrected chi connectivity index (χ3v) is 3.40. The molecule has 0 saturated carbocycles. The summed E-state index contributed by atoms with van der Waals surface area (Å²) in [5, 5.41) is 3.92. The fourth-order valence-electron chi connectivity index (χ4n) is 2.42. The van der Waals surface area contributed by atoms with Crippen LogP contribution in [0.4, 0.5) is 5.88 Å².